The Balaban J connectivity index is 1.76. The van der Waals surface area contributed by atoms with Gasteiger partial charge in [-0.05, 0) is 25.0 Å². The van der Waals surface area contributed by atoms with Gasteiger partial charge in [0.2, 0.25) is 0 Å². The second-order valence-electron chi connectivity index (χ2n) is 5.23. The average molecular weight is 268 g/mol. The van der Waals surface area contributed by atoms with Crippen molar-refractivity contribution < 1.29 is 0 Å². The third-order valence-corrected chi connectivity index (χ3v) is 3.68. The zero-order chi connectivity index (χ0) is 13.5. The van der Waals surface area contributed by atoms with Crippen molar-refractivity contribution >= 4 is 11.0 Å². The molecule has 0 saturated heterocycles. The second kappa shape index (κ2) is 4.42. The summed E-state index contributed by atoms with van der Waals surface area (Å²) >= 11 is 0. The first-order valence-corrected chi connectivity index (χ1v) is 6.90. The molecule has 1 fully saturated rings. The Bertz CT molecular complexity index is 752. The van der Waals surface area contributed by atoms with Gasteiger partial charge in [0.1, 0.15) is 12.4 Å². The van der Waals surface area contributed by atoms with Crippen LogP contribution in [0.3, 0.4) is 0 Å². The fourth-order valence-corrected chi connectivity index (χ4v) is 2.60. The Morgan fingerprint density at radius 2 is 2.10 bits per heavy atom. The third-order valence-electron chi connectivity index (χ3n) is 3.68. The number of benzene rings is 1. The molecule has 6 nitrogen and oxygen atoms in total. The SMILES string of the molecule is NCc1cn(Cc2nc3ccccc3n2C2CC2)nn1. The van der Waals surface area contributed by atoms with Crippen LogP contribution in [0.15, 0.2) is 30.5 Å². The van der Waals surface area contributed by atoms with Crippen molar-refractivity contribution in [3.8, 4) is 0 Å². The number of aromatic nitrogens is 5. The van der Waals surface area contributed by atoms with Gasteiger partial charge in [-0.25, -0.2) is 9.67 Å². The van der Waals surface area contributed by atoms with Crippen LogP contribution in [0.25, 0.3) is 11.0 Å². The molecule has 2 aromatic heterocycles. The molecule has 1 aliphatic carbocycles. The smallest absolute Gasteiger partial charge is 0.132 e. The molecule has 0 amide bonds. The Morgan fingerprint density at radius 3 is 2.85 bits per heavy atom. The topological polar surface area (TPSA) is 74.6 Å². The first-order chi connectivity index (χ1) is 9.85. The van der Waals surface area contributed by atoms with Gasteiger partial charge in [-0.2, -0.15) is 0 Å². The lowest BCUT2D eigenvalue weighted by Crippen LogP contribution is -2.08. The van der Waals surface area contributed by atoms with Gasteiger partial charge in [0.25, 0.3) is 0 Å². The Hall–Kier alpha value is -2.21. The van der Waals surface area contributed by atoms with Gasteiger partial charge in [0, 0.05) is 12.6 Å². The first-order valence-electron chi connectivity index (χ1n) is 6.90. The van der Waals surface area contributed by atoms with Gasteiger partial charge in [0.15, 0.2) is 0 Å². The van der Waals surface area contributed by atoms with Crippen LogP contribution in [0.1, 0.15) is 30.4 Å². The number of hydrogen-bond acceptors (Lipinski definition) is 4. The van der Waals surface area contributed by atoms with E-state index in [0.29, 0.717) is 19.1 Å². The van der Waals surface area contributed by atoms with E-state index in [2.05, 4.69) is 33.1 Å². The van der Waals surface area contributed by atoms with Crippen molar-refractivity contribution in [3.05, 3.63) is 42.0 Å². The highest BCUT2D eigenvalue weighted by molar-refractivity contribution is 5.76. The number of rotatable bonds is 4. The molecule has 0 atom stereocenters. The Labute approximate surface area is 116 Å². The quantitative estimate of drug-likeness (QED) is 0.777. The van der Waals surface area contributed by atoms with Gasteiger partial charge in [-0.15, -0.1) is 5.10 Å². The molecule has 1 aliphatic rings. The summed E-state index contributed by atoms with van der Waals surface area (Å²) in [7, 11) is 0. The van der Waals surface area contributed by atoms with E-state index in [4.69, 9.17) is 10.7 Å². The van der Waals surface area contributed by atoms with Crippen molar-refractivity contribution in [2.24, 2.45) is 5.73 Å². The lowest BCUT2D eigenvalue weighted by Gasteiger charge is -2.07. The van der Waals surface area contributed by atoms with E-state index in [-0.39, 0.29) is 0 Å². The van der Waals surface area contributed by atoms with Gasteiger partial charge in [-0.1, -0.05) is 17.3 Å². The lowest BCUT2D eigenvalue weighted by molar-refractivity contribution is 0.589. The van der Waals surface area contributed by atoms with Crippen LogP contribution >= 0.6 is 0 Å². The highest BCUT2D eigenvalue weighted by Crippen LogP contribution is 2.38. The maximum atomic E-state index is 5.57. The fraction of sp³-hybridized carbons (Fsp3) is 0.357. The van der Waals surface area contributed by atoms with Crippen molar-refractivity contribution in [2.75, 3.05) is 0 Å². The maximum Gasteiger partial charge on any atom is 0.132 e. The molecular weight excluding hydrogens is 252 g/mol. The molecule has 1 saturated carbocycles. The normalized spacial score (nSPS) is 15.1. The molecule has 1 aromatic carbocycles. The second-order valence-corrected chi connectivity index (χ2v) is 5.23. The monoisotopic (exact) mass is 268 g/mol. The van der Waals surface area contributed by atoms with Crippen LogP contribution in [0.4, 0.5) is 0 Å². The number of fused-ring (bicyclic) bond motifs is 1. The average Bonchev–Trinajstić information content (AvgIpc) is 3.09. The lowest BCUT2D eigenvalue weighted by atomic mass is 10.3. The maximum absolute atomic E-state index is 5.57. The molecule has 0 radical (unpaired) electrons. The minimum Gasteiger partial charge on any atom is -0.325 e. The van der Waals surface area contributed by atoms with Gasteiger partial charge in [-0.3, -0.25) is 0 Å². The van der Waals surface area contributed by atoms with Crippen LogP contribution in [-0.4, -0.2) is 24.5 Å². The number of nitrogens with zero attached hydrogens (tertiary/aromatic N) is 5. The molecule has 0 aliphatic heterocycles. The Morgan fingerprint density at radius 1 is 1.25 bits per heavy atom. The van der Waals surface area contributed by atoms with Gasteiger partial charge >= 0.3 is 0 Å². The first kappa shape index (κ1) is 11.6. The zero-order valence-corrected chi connectivity index (χ0v) is 11.1. The minimum atomic E-state index is 0.416. The highest BCUT2D eigenvalue weighted by atomic mass is 15.4. The highest BCUT2D eigenvalue weighted by Gasteiger charge is 2.28. The Kier molecular flexibility index (Phi) is 2.56. The summed E-state index contributed by atoms with van der Waals surface area (Å²) in [6.45, 7) is 1.05. The van der Waals surface area contributed by atoms with E-state index in [9.17, 15) is 0 Å². The third kappa shape index (κ3) is 1.89. The summed E-state index contributed by atoms with van der Waals surface area (Å²) in [5, 5.41) is 8.13. The molecule has 0 spiro atoms. The van der Waals surface area contributed by atoms with Gasteiger partial charge < -0.3 is 10.3 Å². The van der Waals surface area contributed by atoms with Crippen LogP contribution in [-0.2, 0) is 13.1 Å². The summed E-state index contributed by atoms with van der Waals surface area (Å²) in [4.78, 5) is 4.75. The molecule has 20 heavy (non-hydrogen) atoms. The zero-order valence-electron chi connectivity index (χ0n) is 11.1. The molecule has 6 heteroatoms. The summed E-state index contributed by atoms with van der Waals surface area (Å²) in [6, 6.07) is 8.88. The number of nitrogens with two attached hydrogens (primary N) is 1. The molecule has 4 rings (SSSR count). The van der Waals surface area contributed by atoms with E-state index in [1.165, 1.54) is 18.4 Å². The molecule has 3 aromatic rings. The number of para-hydroxylation sites is 2. The van der Waals surface area contributed by atoms with E-state index in [1.807, 2.05) is 16.9 Å². The molecule has 2 heterocycles. The molecule has 0 unspecified atom stereocenters. The number of imidazole rings is 1. The molecular formula is C14H16N6. The van der Waals surface area contributed by atoms with Crippen molar-refractivity contribution in [3.63, 3.8) is 0 Å². The van der Waals surface area contributed by atoms with Crippen molar-refractivity contribution in [2.45, 2.75) is 32.0 Å². The summed E-state index contributed by atoms with van der Waals surface area (Å²) < 4.78 is 4.15. The van der Waals surface area contributed by atoms with E-state index >= 15 is 0 Å². The predicted octanol–water partition coefficient (Wildman–Crippen LogP) is 1.47. The molecule has 102 valence electrons. The summed E-state index contributed by atoms with van der Waals surface area (Å²) in [5.41, 5.74) is 8.64. The van der Waals surface area contributed by atoms with Crippen LogP contribution in [0.2, 0.25) is 0 Å². The summed E-state index contributed by atoms with van der Waals surface area (Å²) in [5.74, 6) is 1.04. The van der Waals surface area contributed by atoms with Crippen LogP contribution in [0.5, 0.6) is 0 Å². The van der Waals surface area contributed by atoms with Crippen LogP contribution in [0, 0.1) is 0 Å². The largest absolute Gasteiger partial charge is 0.325 e. The predicted molar refractivity (Wildman–Crippen MR) is 75.0 cm³/mol. The number of hydrogen-bond donors (Lipinski definition) is 1. The van der Waals surface area contributed by atoms with E-state index in [0.717, 1.165) is 17.0 Å². The standard InChI is InChI=1S/C14H16N6/c15-7-10-8-19(18-17-10)9-14-16-12-3-1-2-4-13(12)20(14)11-5-6-11/h1-4,8,11H,5-7,9,15H2. The summed E-state index contributed by atoms with van der Waals surface area (Å²) in [6.07, 6.45) is 4.36. The van der Waals surface area contributed by atoms with E-state index in [1.54, 1.807) is 0 Å². The van der Waals surface area contributed by atoms with Crippen molar-refractivity contribution in [1.29, 1.82) is 0 Å². The van der Waals surface area contributed by atoms with Gasteiger partial charge in [0.05, 0.1) is 22.9 Å². The van der Waals surface area contributed by atoms with Crippen LogP contribution < -0.4 is 5.73 Å². The fourth-order valence-electron chi connectivity index (χ4n) is 2.60. The minimum absolute atomic E-state index is 0.416. The van der Waals surface area contributed by atoms with Crippen molar-refractivity contribution in [1.82, 2.24) is 24.5 Å². The molecule has 2 N–H and O–H groups in total. The molecule has 0 bridgehead atoms. The van der Waals surface area contributed by atoms with E-state index < -0.39 is 0 Å².